The molecule has 1 aliphatic carbocycles. The summed E-state index contributed by atoms with van der Waals surface area (Å²) in [6.07, 6.45) is 1.95. The summed E-state index contributed by atoms with van der Waals surface area (Å²) in [6.45, 7) is 2.22. The quantitative estimate of drug-likeness (QED) is 0.839. The molecule has 0 aromatic carbocycles. The molecule has 1 aliphatic heterocycles. The molecule has 2 aliphatic rings. The summed E-state index contributed by atoms with van der Waals surface area (Å²) in [4.78, 5) is 39.3. The molecule has 1 saturated heterocycles. The average Bonchev–Trinajstić information content (AvgIpc) is 2.68. The van der Waals surface area contributed by atoms with Gasteiger partial charge in [-0.2, -0.15) is 0 Å². The van der Waals surface area contributed by atoms with Crippen LogP contribution in [0, 0.1) is 12.3 Å². The number of nitrogens with one attached hydrogen (secondary N) is 1. The molecule has 2 heterocycles. The maximum Gasteiger partial charge on any atom is 0.331 e. The van der Waals surface area contributed by atoms with E-state index in [1.807, 2.05) is 19.1 Å². The Morgan fingerprint density at radius 1 is 1.32 bits per heavy atom. The van der Waals surface area contributed by atoms with Gasteiger partial charge in [-0.3, -0.25) is 19.8 Å². The van der Waals surface area contributed by atoms with Gasteiger partial charge in [-0.25, -0.2) is 4.79 Å². The summed E-state index contributed by atoms with van der Waals surface area (Å²) in [5, 5.41) is 2.31. The standard InChI is InChI=1S/C13H14N2O3S/c1-8-3-4-9(19-8)7-15-11(17)13(5-2-6-13)10(16)14-12(15)18/h3-4H,2,5-7H2,1H3,(H,14,16,18). The molecule has 6 heteroatoms. The van der Waals surface area contributed by atoms with Crippen molar-refractivity contribution >= 4 is 29.2 Å². The zero-order valence-corrected chi connectivity index (χ0v) is 11.4. The van der Waals surface area contributed by atoms with Gasteiger partial charge in [0.2, 0.25) is 11.8 Å². The van der Waals surface area contributed by atoms with Gasteiger partial charge in [0.05, 0.1) is 6.54 Å². The zero-order valence-electron chi connectivity index (χ0n) is 10.6. The highest BCUT2D eigenvalue weighted by molar-refractivity contribution is 7.11. The fraction of sp³-hybridized carbons (Fsp3) is 0.462. The summed E-state index contributed by atoms with van der Waals surface area (Å²) in [5.41, 5.74) is -0.972. The van der Waals surface area contributed by atoms with Crippen molar-refractivity contribution in [3.8, 4) is 0 Å². The first-order valence-corrected chi connectivity index (χ1v) is 7.07. The molecule has 2 fully saturated rings. The van der Waals surface area contributed by atoms with Crippen LogP contribution >= 0.6 is 11.3 Å². The highest BCUT2D eigenvalue weighted by Gasteiger charge is 2.57. The Labute approximate surface area is 114 Å². The number of aryl methyl sites for hydroxylation is 1. The summed E-state index contributed by atoms with van der Waals surface area (Å²) in [7, 11) is 0. The molecule has 1 N–H and O–H groups in total. The van der Waals surface area contributed by atoms with Gasteiger partial charge >= 0.3 is 6.03 Å². The minimum absolute atomic E-state index is 0.248. The van der Waals surface area contributed by atoms with E-state index in [1.165, 1.54) is 4.90 Å². The van der Waals surface area contributed by atoms with Crippen LogP contribution in [0.25, 0.3) is 0 Å². The fourth-order valence-corrected chi connectivity index (χ4v) is 3.45. The number of hydrogen-bond acceptors (Lipinski definition) is 4. The van der Waals surface area contributed by atoms with Gasteiger partial charge in [-0.1, -0.05) is 6.42 Å². The molecule has 4 amide bonds. The summed E-state index contributed by atoms with van der Waals surface area (Å²) in [6, 6.07) is 3.26. The molecular formula is C13H14N2O3S. The Kier molecular flexibility index (Phi) is 2.70. The second kappa shape index (κ2) is 4.16. The van der Waals surface area contributed by atoms with Crippen molar-refractivity contribution in [2.75, 3.05) is 0 Å². The lowest BCUT2D eigenvalue weighted by atomic mass is 9.66. The first-order valence-electron chi connectivity index (χ1n) is 6.26. The Morgan fingerprint density at radius 3 is 2.58 bits per heavy atom. The monoisotopic (exact) mass is 278 g/mol. The lowest BCUT2D eigenvalue weighted by Gasteiger charge is -2.44. The van der Waals surface area contributed by atoms with Gasteiger partial charge in [0.15, 0.2) is 0 Å². The minimum Gasteiger partial charge on any atom is -0.277 e. The van der Waals surface area contributed by atoms with Crippen molar-refractivity contribution in [2.24, 2.45) is 5.41 Å². The van der Waals surface area contributed by atoms with Gasteiger partial charge in [0.1, 0.15) is 5.41 Å². The first kappa shape index (κ1) is 12.3. The van der Waals surface area contributed by atoms with Crippen molar-refractivity contribution in [1.29, 1.82) is 0 Å². The van der Waals surface area contributed by atoms with Gasteiger partial charge in [0.25, 0.3) is 0 Å². The van der Waals surface area contributed by atoms with Gasteiger partial charge in [-0.05, 0) is 31.9 Å². The van der Waals surface area contributed by atoms with Crippen LogP contribution in [-0.2, 0) is 16.1 Å². The largest absolute Gasteiger partial charge is 0.331 e. The third kappa shape index (κ3) is 1.78. The number of rotatable bonds is 2. The number of imide groups is 2. The van der Waals surface area contributed by atoms with Crippen LogP contribution in [0.2, 0.25) is 0 Å². The number of nitrogens with zero attached hydrogens (tertiary/aromatic N) is 1. The van der Waals surface area contributed by atoms with E-state index in [0.29, 0.717) is 12.8 Å². The van der Waals surface area contributed by atoms with E-state index in [4.69, 9.17) is 0 Å². The van der Waals surface area contributed by atoms with Crippen LogP contribution in [0.4, 0.5) is 4.79 Å². The highest BCUT2D eigenvalue weighted by atomic mass is 32.1. The molecule has 1 aromatic rings. The maximum absolute atomic E-state index is 12.4. The van der Waals surface area contributed by atoms with Crippen molar-refractivity contribution in [2.45, 2.75) is 32.7 Å². The fourth-order valence-electron chi connectivity index (χ4n) is 2.57. The van der Waals surface area contributed by atoms with Crippen LogP contribution in [0.15, 0.2) is 12.1 Å². The normalized spacial score (nSPS) is 21.5. The molecular weight excluding hydrogens is 264 g/mol. The average molecular weight is 278 g/mol. The lowest BCUT2D eigenvalue weighted by Crippen LogP contribution is -2.65. The Bertz CT molecular complexity index is 574. The number of barbiturate groups is 1. The number of carbonyl (C=O) groups excluding carboxylic acids is 3. The third-order valence-corrected chi connectivity index (χ3v) is 4.86. The lowest BCUT2D eigenvalue weighted by molar-refractivity contribution is -0.158. The number of urea groups is 1. The van der Waals surface area contributed by atoms with Crippen molar-refractivity contribution in [3.63, 3.8) is 0 Å². The molecule has 1 aromatic heterocycles. The zero-order chi connectivity index (χ0) is 13.6. The highest BCUT2D eigenvalue weighted by Crippen LogP contribution is 2.44. The number of amides is 4. The smallest absolute Gasteiger partial charge is 0.277 e. The van der Waals surface area contributed by atoms with E-state index in [9.17, 15) is 14.4 Å². The molecule has 0 atom stereocenters. The predicted octanol–water partition coefficient (Wildman–Crippen LogP) is 1.81. The molecule has 100 valence electrons. The number of carbonyl (C=O) groups is 3. The first-order chi connectivity index (χ1) is 9.03. The van der Waals surface area contributed by atoms with E-state index in [-0.39, 0.29) is 12.5 Å². The van der Waals surface area contributed by atoms with E-state index in [0.717, 1.165) is 16.2 Å². The number of hydrogen-bond donors (Lipinski definition) is 1. The van der Waals surface area contributed by atoms with Crippen LogP contribution < -0.4 is 5.32 Å². The second-order valence-electron chi connectivity index (χ2n) is 5.10. The molecule has 0 radical (unpaired) electrons. The van der Waals surface area contributed by atoms with Gasteiger partial charge < -0.3 is 0 Å². The van der Waals surface area contributed by atoms with Crippen LogP contribution in [-0.4, -0.2) is 22.7 Å². The van der Waals surface area contributed by atoms with E-state index in [2.05, 4.69) is 5.32 Å². The van der Waals surface area contributed by atoms with Crippen molar-refractivity contribution in [3.05, 3.63) is 21.9 Å². The molecule has 19 heavy (non-hydrogen) atoms. The second-order valence-corrected chi connectivity index (χ2v) is 6.47. The van der Waals surface area contributed by atoms with Crippen molar-refractivity contribution in [1.82, 2.24) is 10.2 Å². The van der Waals surface area contributed by atoms with Gasteiger partial charge in [-0.15, -0.1) is 11.3 Å². The topological polar surface area (TPSA) is 66.5 Å². The van der Waals surface area contributed by atoms with E-state index in [1.54, 1.807) is 11.3 Å². The third-order valence-electron chi connectivity index (χ3n) is 3.87. The van der Waals surface area contributed by atoms with Crippen LogP contribution in [0.3, 0.4) is 0 Å². The van der Waals surface area contributed by atoms with Gasteiger partial charge in [0, 0.05) is 9.75 Å². The summed E-state index contributed by atoms with van der Waals surface area (Å²) < 4.78 is 0. The van der Waals surface area contributed by atoms with Crippen LogP contribution in [0.1, 0.15) is 29.0 Å². The molecule has 3 rings (SSSR count). The minimum atomic E-state index is -0.972. The summed E-state index contributed by atoms with van der Waals surface area (Å²) >= 11 is 1.55. The van der Waals surface area contributed by atoms with E-state index >= 15 is 0 Å². The molecule has 5 nitrogen and oxygen atoms in total. The summed E-state index contributed by atoms with van der Waals surface area (Å²) in [5.74, 6) is -0.758. The molecule has 1 saturated carbocycles. The molecule has 0 bridgehead atoms. The van der Waals surface area contributed by atoms with Crippen LogP contribution in [0.5, 0.6) is 0 Å². The van der Waals surface area contributed by atoms with E-state index < -0.39 is 17.4 Å². The number of thiophene rings is 1. The SMILES string of the molecule is Cc1ccc(CN2C(=O)NC(=O)C3(CCC3)C2=O)s1. The Morgan fingerprint density at radius 2 is 2.05 bits per heavy atom. The Balaban J connectivity index is 1.85. The predicted molar refractivity (Wildman–Crippen MR) is 69.4 cm³/mol. The Hall–Kier alpha value is -1.69. The van der Waals surface area contributed by atoms with Crippen molar-refractivity contribution < 1.29 is 14.4 Å². The molecule has 0 unspecified atom stereocenters. The maximum atomic E-state index is 12.4. The molecule has 1 spiro atoms.